The number of carboxylic acids is 1. The Hall–Kier alpha value is -1.84. The van der Waals surface area contributed by atoms with Crippen LogP contribution in [-0.2, 0) is 0 Å². The number of aromatic carboxylic acids is 1. The second-order valence-corrected chi connectivity index (χ2v) is 2.36. The summed E-state index contributed by atoms with van der Waals surface area (Å²) in [7, 11) is 1.26. The molecule has 0 aliphatic rings. The van der Waals surface area contributed by atoms with E-state index in [1.165, 1.54) is 19.2 Å². The number of rotatable bonds is 2. The Morgan fingerprint density at radius 2 is 1.87 bits per heavy atom. The minimum atomic E-state index is -0.916. The van der Waals surface area contributed by atoms with Crippen molar-refractivity contribution in [3.05, 3.63) is 35.4 Å². The number of hydrogen-bond acceptors (Lipinski definition) is 3. The lowest BCUT2D eigenvalue weighted by atomic mass is 10.1. The van der Waals surface area contributed by atoms with Crippen molar-refractivity contribution in [3.8, 4) is 0 Å². The van der Waals surface area contributed by atoms with Crippen LogP contribution in [0.4, 0.5) is 0 Å². The molecule has 0 unspecified atom stereocenters. The van der Waals surface area contributed by atoms with Crippen LogP contribution in [0.3, 0.4) is 0 Å². The van der Waals surface area contributed by atoms with Crippen LogP contribution in [0.1, 0.15) is 34.6 Å². The maximum Gasteiger partial charge on any atom is 0.336 e. The molecule has 0 radical (unpaired) electrons. The van der Waals surface area contributed by atoms with Crippen LogP contribution in [-0.4, -0.2) is 24.0 Å². The molecule has 0 fully saturated rings. The molecule has 2 N–H and O–H groups in total. The molecule has 1 rings (SSSR count). The Morgan fingerprint density at radius 1 is 1.33 bits per heavy atom. The van der Waals surface area contributed by atoms with Gasteiger partial charge in [-0.2, -0.15) is 0 Å². The van der Waals surface area contributed by atoms with E-state index in [0.717, 1.165) is 0 Å². The largest absolute Gasteiger partial charge is 0.478 e. The van der Waals surface area contributed by atoms with Crippen LogP contribution in [0.5, 0.6) is 0 Å². The van der Waals surface area contributed by atoms with Gasteiger partial charge in [0.15, 0.2) is 1.41 Å². The van der Waals surface area contributed by atoms with E-state index >= 15 is 0 Å². The van der Waals surface area contributed by atoms with Crippen molar-refractivity contribution >= 4 is 11.9 Å². The first kappa shape index (κ1) is 9.71. The van der Waals surface area contributed by atoms with Crippen LogP contribution in [0.25, 0.3) is 1.43 Å². The van der Waals surface area contributed by atoms with Crippen molar-refractivity contribution in [2.75, 3.05) is 7.05 Å². The molecule has 0 aliphatic carbocycles. The number of nitrogens with one attached hydrogen (secondary N) is 1. The van der Waals surface area contributed by atoms with Gasteiger partial charge in [0, 0.05) is 7.05 Å². The Kier molecular flexibility index (Phi) is 4.26. The monoisotopic (exact) mass is 211 g/mol. The molecule has 1 aromatic rings. The second kappa shape index (κ2) is 6.59. The Bertz CT molecular complexity index is 394. The van der Waals surface area contributed by atoms with E-state index in [-0.39, 0.29) is 11.1 Å². The number of amides is 1. The van der Waals surface area contributed by atoms with Crippen molar-refractivity contribution in [2.45, 2.75) is 13.8 Å². The summed E-state index contributed by atoms with van der Waals surface area (Å²) in [4.78, 5) is 22.6. The molecule has 0 aliphatic heterocycles. The molecule has 0 atom stereocenters. The lowest BCUT2D eigenvalue weighted by Gasteiger charge is -2.02. The third kappa shape index (κ3) is 3.42. The van der Waals surface area contributed by atoms with Crippen LogP contribution in [0, 0.1) is 0 Å². The molecule has 0 aromatic heterocycles. The molecule has 0 saturated carbocycles. The van der Waals surface area contributed by atoms with Crippen molar-refractivity contribution in [1.29, 1.82) is 1.43 Å². The summed E-state index contributed by atoms with van der Waals surface area (Å²) < 4.78 is 13.6. The van der Waals surface area contributed by atoms with Gasteiger partial charge in [-0.15, -0.1) is 0 Å². The van der Waals surface area contributed by atoms with E-state index in [4.69, 9.17) is 2.84 Å². The molecule has 1 aromatic carbocycles. The van der Waals surface area contributed by atoms with Crippen LogP contribution < -0.4 is 5.31 Å². The third-order valence-electron chi connectivity index (χ3n) is 1.58. The first-order valence-corrected chi connectivity index (χ1v) is 4.61. The lowest BCUT2D eigenvalue weighted by molar-refractivity contribution is 0.0691. The van der Waals surface area contributed by atoms with E-state index in [9.17, 15) is 9.59 Å². The van der Waals surface area contributed by atoms with Gasteiger partial charge in [0.05, 0.1) is 11.1 Å². The van der Waals surface area contributed by atoms with E-state index in [2.05, 4.69) is 5.11 Å². The highest BCUT2D eigenvalue weighted by Gasteiger charge is 2.13. The van der Waals surface area contributed by atoms with Crippen LogP contribution in [0.15, 0.2) is 24.3 Å². The number of carboxylic acid groups (broad SMARTS) is 1. The summed E-state index contributed by atoms with van der Waals surface area (Å²) in [6, 6.07) is 5.89. The molecular weight excluding hydrogens is 194 g/mol. The predicted octanol–water partition coefficient (Wildman–Crippen LogP) is 1.77. The van der Waals surface area contributed by atoms with Gasteiger partial charge in [0.2, 0.25) is 0 Å². The highest BCUT2D eigenvalue weighted by molar-refractivity contribution is 6.04. The Labute approximate surface area is 91.9 Å². The summed E-state index contributed by atoms with van der Waals surface area (Å²) in [6.07, 6.45) is 0. The van der Waals surface area contributed by atoms with Crippen LogP contribution in [0.2, 0.25) is 1.41 Å². The highest BCUT2D eigenvalue weighted by atomic mass is 16.4. The Morgan fingerprint density at radius 3 is 2.33 bits per heavy atom. The first-order valence-electron chi connectivity index (χ1n) is 5.47. The standard InChI is InChI=1S/C9H9NO3.C2H6/c1-10-8(11)6-4-2-3-5-7(6)9(12)13;1-2/h2-5H,1H3,(H,10,11)(H,12,13);1-2H3/i/hD2. The number of carbonyl (C=O) groups is 2. The number of hydrogen-bond donors (Lipinski definition) is 2. The Balaban J connectivity index is 0.00000121. The van der Waals surface area contributed by atoms with Gasteiger partial charge in [-0.25, -0.2) is 4.79 Å². The van der Waals surface area contributed by atoms with Gasteiger partial charge in [0.1, 0.15) is 0 Å². The minimum Gasteiger partial charge on any atom is -0.478 e. The predicted molar refractivity (Wildman–Crippen MR) is 58.1 cm³/mol. The fraction of sp³-hybridized carbons (Fsp3) is 0.273. The molecule has 1 amide bonds. The maximum atomic E-state index is 11.5. The van der Waals surface area contributed by atoms with Gasteiger partial charge in [0.25, 0.3) is 7.34 Å². The van der Waals surface area contributed by atoms with E-state index in [0.29, 0.717) is 5.31 Å². The summed E-state index contributed by atoms with van der Waals surface area (Å²) in [5.74, 6) is -1.54. The summed E-state index contributed by atoms with van der Waals surface area (Å²) in [5.41, 5.74) is 0.0313. The average Bonchev–Trinajstić information content (AvgIpc) is 2.39. The molecule has 15 heavy (non-hydrogen) atoms. The summed E-state index contributed by atoms with van der Waals surface area (Å²) in [5, 5.41) is 4.39. The summed E-state index contributed by atoms with van der Waals surface area (Å²) >= 11 is 0. The number of benzene rings is 1. The number of carbonyl (C=O) groups excluding carboxylic acids is 1. The van der Waals surface area contributed by atoms with E-state index in [1.54, 1.807) is 12.1 Å². The average molecular weight is 211 g/mol. The molecule has 4 heteroatoms. The fourth-order valence-corrected chi connectivity index (χ4v) is 0.968. The minimum absolute atomic E-state index is 0.0170. The zero-order chi connectivity index (χ0) is 13.4. The van der Waals surface area contributed by atoms with Crippen LogP contribution >= 0.6 is 0 Å². The van der Waals surface area contributed by atoms with Crippen molar-refractivity contribution < 1.29 is 16.1 Å². The molecular formula is C11H15NO3. The zero-order valence-corrected chi connectivity index (χ0v) is 8.98. The van der Waals surface area contributed by atoms with Gasteiger partial charge in [-0.05, 0) is 12.1 Å². The topological polar surface area (TPSA) is 66.4 Å². The maximum absolute atomic E-state index is 11.5. The van der Waals surface area contributed by atoms with Gasteiger partial charge in [-0.3, -0.25) is 4.79 Å². The zero-order valence-electron chi connectivity index (χ0n) is 11.0. The quantitative estimate of drug-likeness (QED) is 0.783. The lowest BCUT2D eigenvalue weighted by Crippen LogP contribution is -2.20. The first-order chi connectivity index (χ1) is 8.07. The molecule has 0 spiro atoms. The molecule has 4 nitrogen and oxygen atoms in total. The van der Waals surface area contributed by atoms with E-state index < -0.39 is 11.9 Å². The molecule has 0 heterocycles. The van der Waals surface area contributed by atoms with Gasteiger partial charge >= 0.3 is 5.97 Å². The van der Waals surface area contributed by atoms with Crippen molar-refractivity contribution in [3.63, 3.8) is 0 Å². The smallest absolute Gasteiger partial charge is 0.336 e. The summed E-state index contributed by atoms with van der Waals surface area (Å²) in [6.45, 7) is 4.00. The van der Waals surface area contributed by atoms with E-state index in [1.807, 2.05) is 13.8 Å². The fourth-order valence-electron chi connectivity index (χ4n) is 0.968. The molecule has 82 valence electrons. The second-order valence-electron chi connectivity index (χ2n) is 2.36. The normalized spacial score (nSPS) is 10.1. The SMILES string of the molecule is CC.[2H]OC(=O)c1ccccc1C(=O)N([2H])C. The molecule has 0 bridgehead atoms. The third-order valence-corrected chi connectivity index (χ3v) is 1.58. The van der Waals surface area contributed by atoms with Gasteiger partial charge in [-0.1, -0.05) is 26.0 Å². The highest BCUT2D eigenvalue weighted by Crippen LogP contribution is 2.07. The van der Waals surface area contributed by atoms with Gasteiger partial charge < -0.3 is 10.4 Å². The molecule has 0 saturated heterocycles. The van der Waals surface area contributed by atoms with Crippen molar-refractivity contribution in [2.24, 2.45) is 0 Å². The van der Waals surface area contributed by atoms with Crippen molar-refractivity contribution in [1.82, 2.24) is 5.31 Å².